The number of rotatable bonds is 6. The first kappa shape index (κ1) is 19.8. The van der Waals surface area contributed by atoms with E-state index in [9.17, 15) is 19.1 Å². The predicted octanol–water partition coefficient (Wildman–Crippen LogP) is 3.44. The monoisotopic (exact) mass is 392 g/mol. The third-order valence-electron chi connectivity index (χ3n) is 3.87. The number of hydrogen-bond acceptors (Lipinski definition) is 5. The first-order chi connectivity index (χ1) is 14.0. The SMILES string of the molecule is O=C(Cc1ccc(O)cc1)N/N=C\c1ccc(OC(=O)c2ccc(F)cc2)cc1. The zero-order valence-corrected chi connectivity index (χ0v) is 15.2. The maximum absolute atomic E-state index is 12.9. The number of phenols is 1. The van der Waals surface area contributed by atoms with Crippen LogP contribution < -0.4 is 10.2 Å². The van der Waals surface area contributed by atoms with Gasteiger partial charge in [0.2, 0.25) is 5.91 Å². The minimum atomic E-state index is -0.590. The molecule has 29 heavy (non-hydrogen) atoms. The van der Waals surface area contributed by atoms with Gasteiger partial charge in [0.25, 0.3) is 0 Å². The molecule has 0 saturated heterocycles. The van der Waals surface area contributed by atoms with Gasteiger partial charge in [0, 0.05) is 0 Å². The fourth-order valence-electron chi connectivity index (χ4n) is 2.39. The number of hydrazone groups is 1. The number of hydrogen-bond donors (Lipinski definition) is 2. The number of phenolic OH excluding ortho intramolecular Hbond substituents is 1. The van der Waals surface area contributed by atoms with Gasteiger partial charge in [-0.3, -0.25) is 4.79 Å². The highest BCUT2D eigenvalue weighted by Crippen LogP contribution is 2.14. The van der Waals surface area contributed by atoms with Gasteiger partial charge in [0.1, 0.15) is 17.3 Å². The van der Waals surface area contributed by atoms with Gasteiger partial charge < -0.3 is 9.84 Å². The molecule has 3 aromatic carbocycles. The van der Waals surface area contributed by atoms with Crippen LogP contribution in [-0.2, 0) is 11.2 Å². The Balaban J connectivity index is 1.50. The Morgan fingerprint density at radius 2 is 1.62 bits per heavy atom. The molecular formula is C22H17FN2O4. The molecule has 6 nitrogen and oxygen atoms in total. The Morgan fingerprint density at radius 1 is 0.966 bits per heavy atom. The van der Waals surface area contributed by atoms with Crippen LogP contribution in [0.1, 0.15) is 21.5 Å². The number of nitrogens with one attached hydrogen (secondary N) is 1. The van der Waals surface area contributed by atoms with Crippen LogP contribution in [0.15, 0.2) is 77.9 Å². The van der Waals surface area contributed by atoms with Crippen molar-refractivity contribution < 1.29 is 23.8 Å². The van der Waals surface area contributed by atoms with Gasteiger partial charge in [-0.15, -0.1) is 0 Å². The Kier molecular flexibility index (Phi) is 6.32. The van der Waals surface area contributed by atoms with Gasteiger partial charge >= 0.3 is 5.97 Å². The maximum atomic E-state index is 12.9. The van der Waals surface area contributed by atoms with Crippen molar-refractivity contribution in [2.75, 3.05) is 0 Å². The molecule has 0 aliphatic rings. The smallest absolute Gasteiger partial charge is 0.343 e. The van der Waals surface area contributed by atoms with E-state index < -0.39 is 11.8 Å². The standard InChI is InChI=1S/C22H17FN2O4/c23-18-7-5-17(6-8-18)22(28)29-20-11-3-16(4-12-20)14-24-25-21(27)13-15-1-9-19(26)10-2-15/h1-12,14,26H,13H2,(H,25,27)/b24-14-. The zero-order valence-electron chi connectivity index (χ0n) is 15.2. The minimum absolute atomic E-state index is 0.135. The Hall–Kier alpha value is -4.00. The summed E-state index contributed by atoms with van der Waals surface area (Å²) < 4.78 is 18.1. The van der Waals surface area contributed by atoms with Crippen LogP contribution in [0.2, 0.25) is 0 Å². The van der Waals surface area contributed by atoms with Crippen molar-refractivity contribution in [3.05, 3.63) is 95.3 Å². The molecular weight excluding hydrogens is 375 g/mol. The summed E-state index contributed by atoms with van der Waals surface area (Å²) in [5.74, 6) is -0.850. The van der Waals surface area contributed by atoms with Crippen molar-refractivity contribution in [2.24, 2.45) is 5.10 Å². The van der Waals surface area contributed by atoms with Crippen LogP contribution in [0.4, 0.5) is 4.39 Å². The van der Waals surface area contributed by atoms with Crippen molar-refractivity contribution in [3.63, 3.8) is 0 Å². The number of ether oxygens (including phenoxy) is 1. The van der Waals surface area contributed by atoms with E-state index in [0.29, 0.717) is 11.3 Å². The predicted molar refractivity (Wildman–Crippen MR) is 105 cm³/mol. The second-order valence-corrected chi connectivity index (χ2v) is 6.10. The first-order valence-corrected chi connectivity index (χ1v) is 8.67. The number of aromatic hydroxyl groups is 1. The quantitative estimate of drug-likeness (QED) is 0.291. The van der Waals surface area contributed by atoms with Gasteiger partial charge in [0.05, 0.1) is 18.2 Å². The van der Waals surface area contributed by atoms with Gasteiger partial charge in [-0.1, -0.05) is 12.1 Å². The molecule has 7 heteroatoms. The highest BCUT2D eigenvalue weighted by molar-refractivity contribution is 5.91. The summed E-state index contributed by atoms with van der Waals surface area (Å²) in [5, 5.41) is 13.1. The van der Waals surface area contributed by atoms with Gasteiger partial charge in [-0.2, -0.15) is 5.10 Å². The largest absolute Gasteiger partial charge is 0.508 e. The van der Waals surface area contributed by atoms with E-state index >= 15 is 0 Å². The van der Waals surface area contributed by atoms with Crippen molar-refractivity contribution in [2.45, 2.75) is 6.42 Å². The Bertz CT molecular complexity index is 1010. The first-order valence-electron chi connectivity index (χ1n) is 8.67. The second-order valence-electron chi connectivity index (χ2n) is 6.10. The van der Waals surface area contributed by atoms with Crippen molar-refractivity contribution in [3.8, 4) is 11.5 Å². The van der Waals surface area contributed by atoms with Gasteiger partial charge in [-0.25, -0.2) is 14.6 Å². The summed E-state index contributed by atoms with van der Waals surface area (Å²) in [7, 11) is 0. The number of esters is 1. The van der Waals surface area contributed by atoms with E-state index in [1.165, 1.54) is 42.6 Å². The molecule has 3 rings (SSSR count). The molecule has 0 aliphatic heterocycles. The van der Waals surface area contributed by atoms with Crippen LogP contribution in [-0.4, -0.2) is 23.2 Å². The summed E-state index contributed by atoms with van der Waals surface area (Å²) in [6.07, 6.45) is 1.59. The molecule has 0 fully saturated rings. The Labute approximate surface area is 166 Å². The van der Waals surface area contributed by atoms with E-state index in [2.05, 4.69) is 10.5 Å². The van der Waals surface area contributed by atoms with Crippen LogP contribution >= 0.6 is 0 Å². The lowest BCUT2D eigenvalue weighted by molar-refractivity contribution is -0.120. The number of amides is 1. The molecule has 1 amide bonds. The number of benzene rings is 3. The van der Waals surface area contributed by atoms with Gasteiger partial charge in [0.15, 0.2) is 0 Å². The lowest BCUT2D eigenvalue weighted by Gasteiger charge is -2.04. The van der Waals surface area contributed by atoms with Gasteiger partial charge in [-0.05, 0) is 71.8 Å². The highest BCUT2D eigenvalue weighted by Gasteiger charge is 2.08. The summed E-state index contributed by atoms with van der Waals surface area (Å²) in [4.78, 5) is 23.8. The van der Waals surface area contributed by atoms with Crippen molar-refractivity contribution >= 4 is 18.1 Å². The molecule has 0 saturated carbocycles. The van der Waals surface area contributed by atoms with E-state index in [4.69, 9.17) is 4.74 Å². The van der Waals surface area contributed by atoms with Crippen molar-refractivity contribution in [1.82, 2.24) is 5.43 Å². The summed E-state index contributed by atoms with van der Waals surface area (Å²) in [6, 6.07) is 17.9. The average Bonchev–Trinajstić information content (AvgIpc) is 2.71. The fraction of sp³-hybridized carbons (Fsp3) is 0.0455. The molecule has 146 valence electrons. The van der Waals surface area contributed by atoms with E-state index in [-0.39, 0.29) is 23.6 Å². The average molecular weight is 392 g/mol. The lowest BCUT2D eigenvalue weighted by Crippen LogP contribution is -2.19. The summed E-state index contributed by atoms with van der Waals surface area (Å²) in [6.45, 7) is 0. The number of carbonyl (C=O) groups excluding carboxylic acids is 2. The summed E-state index contributed by atoms with van der Waals surface area (Å²) in [5.41, 5.74) is 4.11. The lowest BCUT2D eigenvalue weighted by atomic mass is 10.1. The molecule has 3 aromatic rings. The molecule has 0 radical (unpaired) electrons. The van der Waals surface area contributed by atoms with E-state index in [1.807, 2.05) is 0 Å². The molecule has 0 atom stereocenters. The third kappa shape index (κ3) is 6.00. The molecule has 0 spiro atoms. The second kappa shape index (κ2) is 9.27. The number of carbonyl (C=O) groups is 2. The van der Waals surface area contributed by atoms with Crippen LogP contribution in [0.5, 0.6) is 11.5 Å². The number of halogens is 1. The molecule has 0 aromatic heterocycles. The van der Waals surface area contributed by atoms with E-state index in [0.717, 1.165) is 5.56 Å². The third-order valence-corrected chi connectivity index (χ3v) is 3.87. The minimum Gasteiger partial charge on any atom is -0.508 e. The molecule has 0 unspecified atom stereocenters. The number of nitrogens with zero attached hydrogens (tertiary/aromatic N) is 1. The Morgan fingerprint density at radius 3 is 2.28 bits per heavy atom. The topological polar surface area (TPSA) is 88.0 Å². The zero-order chi connectivity index (χ0) is 20.6. The van der Waals surface area contributed by atoms with Crippen LogP contribution in [0, 0.1) is 5.82 Å². The fourth-order valence-corrected chi connectivity index (χ4v) is 2.39. The normalized spacial score (nSPS) is 10.7. The van der Waals surface area contributed by atoms with E-state index in [1.54, 1.807) is 36.4 Å². The van der Waals surface area contributed by atoms with Crippen LogP contribution in [0.25, 0.3) is 0 Å². The molecule has 2 N–H and O–H groups in total. The molecule has 0 bridgehead atoms. The molecule has 0 aliphatic carbocycles. The van der Waals surface area contributed by atoms with Crippen LogP contribution in [0.3, 0.4) is 0 Å². The van der Waals surface area contributed by atoms with Crippen molar-refractivity contribution in [1.29, 1.82) is 0 Å². The summed E-state index contributed by atoms with van der Waals surface area (Å²) >= 11 is 0. The molecule has 0 heterocycles. The highest BCUT2D eigenvalue weighted by atomic mass is 19.1. The maximum Gasteiger partial charge on any atom is 0.343 e.